The molecule has 2 nitrogen and oxygen atoms in total. The van der Waals surface area contributed by atoms with E-state index in [1.54, 1.807) is 0 Å². The van der Waals surface area contributed by atoms with Crippen molar-refractivity contribution in [2.45, 2.75) is 130 Å². The summed E-state index contributed by atoms with van der Waals surface area (Å²) in [5.41, 5.74) is 0. The average molecular weight is 365 g/mol. The lowest BCUT2D eigenvalue weighted by Gasteiger charge is -2.33. The van der Waals surface area contributed by atoms with E-state index >= 15 is 0 Å². The van der Waals surface area contributed by atoms with Crippen molar-refractivity contribution in [2.24, 2.45) is 0 Å². The molecule has 1 heterocycles. The summed E-state index contributed by atoms with van der Waals surface area (Å²) in [4.78, 5) is 5.30. The van der Waals surface area contributed by atoms with Gasteiger partial charge < -0.3 is 9.80 Å². The van der Waals surface area contributed by atoms with Gasteiger partial charge in [0.15, 0.2) is 0 Å². The maximum Gasteiger partial charge on any atom is 0.101 e. The molecule has 0 saturated heterocycles. The highest BCUT2D eigenvalue weighted by Gasteiger charge is 2.24. The van der Waals surface area contributed by atoms with Gasteiger partial charge in [-0.05, 0) is 25.7 Å². The van der Waals surface area contributed by atoms with Crippen molar-refractivity contribution in [3.8, 4) is 0 Å². The predicted molar refractivity (Wildman–Crippen MR) is 117 cm³/mol. The van der Waals surface area contributed by atoms with E-state index in [-0.39, 0.29) is 0 Å². The molecule has 0 aliphatic carbocycles. The first kappa shape index (κ1) is 23.4. The van der Waals surface area contributed by atoms with Gasteiger partial charge in [-0.25, -0.2) is 0 Å². The van der Waals surface area contributed by atoms with Crippen molar-refractivity contribution in [1.29, 1.82) is 0 Å². The summed E-state index contributed by atoms with van der Waals surface area (Å²) in [6, 6.07) is 0. The Morgan fingerprint density at radius 2 is 0.885 bits per heavy atom. The van der Waals surface area contributed by atoms with Gasteiger partial charge in [0.1, 0.15) is 6.17 Å². The smallest absolute Gasteiger partial charge is 0.101 e. The number of rotatable bonds is 18. The molecule has 154 valence electrons. The van der Waals surface area contributed by atoms with Crippen LogP contribution < -0.4 is 0 Å². The van der Waals surface area contributed by atoms with E-state index in [1.165, 1.54) is 116 Å². The molecule has 2 heteroatoms. The molecular weight excluding hydrogens is 316 g/mol. The molecular formula is C24H48N2. The van der Waals surface area contributed by atoms with E-state index in [0.717, 1.165) is 0 Å². The van der Waals surface area contributed by atoms with E-state index < -0.39 is 0 Å². The molecule has 1 rings (SSSR count). The molecule has 0 aromatic carbocycles. The minimum atomic E-state index is 0.647. The van der Waals surface area contributed by atoms with E-state index in [9.17, 15) is 0 Å². The second kappa shape index (κ2) is 16.5. The third-order valence-corrected chi connectivity index (χ3v) is 5.82. The zero-order valence-electron chi connectivity index (χ0n) is 18.4. The van der Waals surface area contributed by atoms with Crippen LogP contribution in [0.4, 0.5) is 0 Å². The van der Waals surface area contributed by atoms with Crippen molar-refractivity contribution in [2.75, 3.05) is 13.1 Å². The normalized spacial score (nSPS) is 16.8. The zero-order valence-corrected chi connectivity index (χ0v) is 18.4. The highest BCUT2D eigenvalue weighted by Crippen LogP contribution is 2.23. The monoisotopic (exact) mass is 364 g/mol. The maximum atomic E-state index is 2.65. The van der Waals surface area contributed by atoms with Gasteiger partial charge >= 0.3 is 0 Å². The van der Waals surface area contributed by atoms with Crippen LogP contribution in [0.2, 0.25) is 0 Å². The van der Waals surface area contributed by atoms with E-state index in [1.807, 2.05) is 0 Å². The molecule has 0 aromatic heterocycles. The van der Waals surface area contributed by atoms with Crippen molar-refractivity contribution in [3.05, 3.63) is 12.4 Å². The Labute approximate surface area is 165 Å². The van der Waals surface area contributed by atoms with Crippen molar-refractivity contribution in [1.82, 2.24) is 9.80 Å². The first-order chi connectivity index (χ1) is 12.8. The minimum absolute atomic E-state index is 0.647. The van der Waals surface area contributed by atoms with Crippen LogP contribution in [0.5, 0.6) is 0 Å². The number of nitrogens with zero attached hydrogens (tertiary/aromatic N) is 2. The average Bonchev–Trinajstić information content (AvgIpc) is 3.03. The Morgan fingerprint density at radius 3 is 1.38 bits per heavy atom. The highest BCUT2D eigenvalue weighted by atomic mass is 15.4. The first-order valence-corrected chi connectivity index (χ1v) is 12.0. The molecule has 26 heavy (non-hydrogen) atoms. The van der Waals surface area contributed by atoms with E-state index in [2.05, 4.69) is 43.0 Å². The fourth-order valence-electron chi connectivity index (χ4n) is 4.07. The van der Waals surface area contributed by atoms with Gasteiger partial charge in [0.2, 0.25) is 0 Å². The molecule has 1 atom stereocenters. The summed E-state index contributed by atoms with van der Waals surface area (Å²) in [6.07, 6.45) is 27.6. The fraction of sp³-hybridized carbons (Fsp3) is 0.917. The lowest BCUT2D eigenvalue weighted by atomic mass is 10.1. The molecule has 0 amide bonds. The lowest BCUT2D eigenvalue weighted by Crippen LogP contribution is -2.39. The number of hydrogen-bond donors (Lipinski definition) is 0. The Balaban J connectivity index is 2.32. The Hall–Kier alpha value is -0.660. The van der Waals surface area contributed by atoms with Crippen LogP contribution in [0.3, 0.4) is 0 Å². The van der Waals surface area contributed by atoms with Crippen molar-refractivity contribution < 1.29 is 0 Å². The minimum Gasteiger partial charge on any atom is -0.356 e. The topological polar surface area (TPSA) is 6.48 Å². The van der Waals surface area contributed by atoms with Crippen LogP contribution in [0, 0.1) is 0 Å². The SMILES string of the molecule is CCCCCCCCN1C=CN(CCCCCC)C1CCCCCCC. The largest absolute Gasteiger partial charge is 0.356 e. The quantitative estimate of drug-likeness (QED) is 0.230. The molecule has 1 aliphatic rings. The third-order valence-electron chi connectivity index (χ3n) is 5.82. The maximum absolute atomic E-state index is 2.65. The van der Waals surface area contributed by atoms with Crippen LogP contribution in [0.15, 0.2) is 12.4 Å². The van der Waals surface area contributed by atoms with Crippen molar-refractivity contribution >= 4 is 0 Å². The van der Waals surface area contributed by atoms with Crippen LogP contribution in [-0.2, 0) is 0 Å². The van der Waals surface area contributed by atoms with Gasteiger partial charge in [0, 0.05) is 25.5 Å². The van der Waals surface area contributed by atoms with Gasteiger partial charge in [-0.15, -0.1) is 0 Å². The van der Waals surface area contributed by atoms with Crippen LogP contribution in [0.1, 0.15) is 124 Å². The molecule has 0 fully saturated rings. The molecule has 0 spiro atoms. The molecule has 1 unspecified atom stereocenters. The third kappa shape index (κ3) is 10.5. The molecule has 0 bridgehead atoms. The summed E-state index contributed by atoms with van der Waals surface area (Å²) < 4.78 is 0. The highest BCUT2D eigenvalue weighted by molar-refractivity contribution is 4.96. The molecule has 0 aromatic rings. The van der Waals surface area contributed by atoms with Crippen LogP contribution in [-0.4, -0.2) is 29.1 Å². The summed E-state index contributed by atoms with van der Waals surface area (Å²) >= 11 is 0. The first-order valence-electron chi connectivity index (χ1n) is 12.0. The van der Waals surface area contributed by atoms with E-state index in [4.69, 9.17) is 0 Å². The van der Waals surface area contributed by atoms with Gasteiger partial charge in [-0.2, -0.15) is 0 Å². The van der Waals surface area contributed by atoms with Crippen molar-refractivity contribution in [3.63, 3.8) is 0 Å². The molecule has 0 radical (unpaired) electrons. The van der Waals surface area contributed by atoms with Gasteiger partial charge in [0.05, 0.1) is 0 Å². The predicted octanol–water partition coefficient (Wildman–Crippen LogP) is 7.70. The van der Waals surface area contributed by atoms with Gasteiger partial charge in [0.25, 0.3) is 0 Å². The molecule has 0 saturated carbocycles. The lowest BCUT2D eigenvalue weighted by molar-refractivity contribution is 0.135. The Kier molecular flexibility index (Phi) is 14.8. The fourth-order valence-corrected chi connectivity index (χ4v) is 4.07. The standard InChI is InChI=1S/C24H48N2/c1-4-7-10-13-15-18-21-26-23-22-25(20-17-12-9-6-3)24(26)19-16-14-11-8-5-2/h22-24H,4-21H2,1-3H3. The summed E-state index contributed by atoms with van der Waals surface area (Å²) in [7, 11) is 0. The van der Waals surface area contributed by atoms with E-state index in [0.29, 0.717) is 6.17 Å². The van der Waals surface area contributed by atoms with Crippen LogP contribution in [0.25, 0.3) is 0 Å². The zero-order chi connectivity index (χ0) is 18.9. The summed E-state index contributed by atoms with van der Waals surface area (Å²) in [5.74, 6) is 0. The Morgan fingerprint density at radius 1 is 0.500 bits per heavy atom. The summed E-state index contributed by atoms with van der Waals surface area (Å²) in [6.45, 7) is 9.42. The number of hydrogen-bond acceptors (Lipinski definition) is 2. The second-order valence-electron chi connectivity index (χ2n) is 8.29. The number of unbranched alkanes of at least 4 members (excludes halogenated alkanes) is 12. The Bertz CT molecular complexity index is 326. The summed E-state index contributed by atoms with van der Waals surface area (Å²) in [5, 5.41) is 0. The molecule has 0 N–H and O–H groups in total. The van der Waals surface area contributed by atoms with Gasteiger partial charge in [-0.1, -0.05) is 97.8 Å². The van der Waals surface area contributed by atoms with Gasteiger partial charge in [-0.3, -0.25) is 0 Å². The van der Waals surface area contributed by atoms with Crippen LogP contribution >= 0.6 is 0 Å². The molecule has 1 aliphatic heterocycles. The second-order valence-corrected chi connectivity index (χ2v) is 8.29.